The molecule has 21 heavy (non-hydrogen) atoms. The van der Waals surface area contributed by atoms with E-state index in [4.69, 9.17) is 25.6 Å². The Hall–Kier alpha value is -0.705. The molecule has 3 rings (SSSR count). The topological polar surface area (TPSA) is 27.7 Å². The summed E-state index contributed by atoms with van der Waals surface area (Å²) in [7, 11) is -0.323. The molecule has 1 saturated heterocycles. The molecule has 3 nitrogen and oxygen atoms in total. The van der Waals surface area contributed by atoms with Crippen LogP contribution in [0.15, 0.2) is 18.2 Å². The summed E-state index contributed by atoms with van der Waals surface area (Å²) in [6.45, 7) is 5.65. The zero-order chi connectivity index (χ0) is 14.9. The second kappa shape index (κ2) is 6.19. The second-order valence-electron chi connectivity index (χ2n) is 6.83. The summed E-state index contributed by atoms with van der Waals surface area (Å²) in [4.78, 5) is 0. The molecule has 0 N–H and O–H groups in total. The maximum Gasteiger partial charge on any atom is 0.493 e. The fourth-order valence-corrected chi connectivity index (χ4v) is 3.06. The van der Waals surface area contributed by atoms with Crippen LogP contribution >= 0.6 is 11.6 Å². The fourth-order valence-electron chi connectivity index (χ4n) is 2.83. The van der Waals surface area contributed by atoms with Crippen LogP contribution in [0.3, 0.4) is 0 Å². The SMILES string of the molecule is CC1(C)COB(c2ccc(OC3CCCC3)c(Cl)c2)OC1. The summed E-state index contributed by atoms with van der Waals surface area (Å²) in [5, 5.41) is 0.636. The third kappa shape index (κ3) is 3.74. The van der Waals surface area contributed by atoms with Gasteiger partial charge in [-0.3, -0.25) is 0 Å². The van der Waals surface area contributed by atoms with Gasteiger partial charge in [-0.15, -0.1) is 0 Å². The monoisotopic (exact) mass is 308 g/mol. The van der Waals surface area contributed by atoms with Crippen molar-refractivity contribution in [3.8, 4) is 5.75 Å². The highest BCUT2D eigenvalue weighted by molar-refractivity contribution is 6.61. The Balaban J connectivity index is 1.66. The van der Waals surface area contributed by atoms with E-state index >= 15 is 0 Å². The van der Waals surface area contributed by atoms with Gasteiger partial charge < -0.3 is 14.0 Å². The van der Waals surface area contributed by atoms with Gasteiger partial charge in [-0.05, 0) is 43.3 Å². The summed E-state index contributed by atoms with van der Waals surface area (Å²) in [6.07, 6.45) is 5.07. The molecule has 0 radical (unpaired) electrons. The van der Waals surface area contributed by atoms with Crippen LogP contribution in [0.25, 0.3) is 0 Å². The normalized spacial score (nSPS) is 22.5. The van der Waals surface area contributed by atoms with Gasteiger partial charge >= 0.3 is 7.12 Å². The minimum atomic E-state index is -0.323. The van der Waals surface area contributed by atoms with Crippen LogP contribution in [0.5, 0.6) is 5.75 Å². The third-order valence-corrected chi connectivity index (χ3v) is 4.37. The molecule has 2 aliphatic rings. The quantitative estimate of drug-likeness (QED) is 0.801. The molecule has 0 bridgehead atoms. The largest absolute Gasteiger partial charge is 0.493 e. The molecular formula is C16H22BClO3. The summed E-state index contributed by atoms with van der Waals surface area (Å²) < 4.78 is 17.5. The van der Waals surface area contributed by atoms with Gasteiger partial charge in [0.05, 0.1) is 11.1 Å². The Morgan fingerprint density at radius 1 is 1.19 bits per heavy atom. The molecule has 1 aromatic rings. The van der Waals surface area contributed by atoms with E-state index in [9.17, 15) is 0 Å². The standard InChI is InChI=1S/C16H22BClO3/c1-16(2)10-19-17(20-11-16)12-7-8-15(14(18)9-12)21-13-5-3-4-6-13/h7-9,13H,3-6,10-11H2,1-2H3. The van der Waals surface area contributed by atoms with Crippen molar-refractivity contribution < 1.29 is 14.0 Å². The Morgan fingerprint density at radius 2 is 1.86 bits per heavy atom. The highest BCUT2D eigenvalue weighted by Gasteiger charge is 2.33. The van der Waals surface area contributed by atoms with Gasteiger partial charge in [-0.25, -0.2) is 0 Å². The second-order valence-corrected chi connectivity index (χ2v) is 7.24. The fraction of sp³-hybridized carbons (Fsp3) is 0.625. The molecule has 0 aromatic heterocycles. The predicted octanol–water partition coefficient (Wildman–Crippen LogP) is 3.43. The van der Waals surface area contributed by atoms with Crippen molar-refractivity contribution in [3.05, 3.63) is 23.2 Å². The Bertz CT molecular complexity index is 490. The first-order chi connectivity index (χ1) is 10.0. The van der Waals surface area contributed by atoms with Gasteiger partial charge in [0.15, 0.2) is 0 Å². The van der Waals surface area contributed by atoms with Crippen LogP contribution in [0.1, 0.15) is 39.5 Å². The van der Waals surface area contributed by atoms with Gasteiger partial charge in [0.2, 0.25) is 0 Å². The molecule has 1 aromatic carbocycles. The minimum absolute atomic E-state index is 0.0752. The van der Waals surface area contributed by atoms with E-state index < -0.39 is 0 Å². The molecule has 114 valence electrons. The average molecular weight is 309 g/mol. The van der Waals surface area contributed by atoms with Crippen LogP contribution in [0, 0.1) is 5.41 Å². The molecule has 1 heterocycles. The van der Waals surface area contributed by atoms with E-state index in [1.807, 2.05) is 18.2 Å². The van der Waals surface area contributed by atoms with E-state index in [1.165, 1.54) is 12.8 Å². The van der Waals surface area contributed by atoms with E-state index in [0.717, 1.165) is 24.1 Å². The van der Waals surface area contributed by atoms with E-state index in [-0.39, 0.29) is 12.5 Å². The summed E-state index contributed by atoms with van der Waals surface area (Å²) in [5.41, 5.74) is 1.03. The van der Waals surface area contributed by atoms with E-state index in [0.29, 0.717) is 24.3 Å². The molecule has 5 heteroatoms. The molecule has 0 unspecified atom stereocenters. The molecule has 1 saturated carbocycles. The first-order valence-corrected chi connectivity index (χ1v) is 8.11. The number of rotatable bonds is 3. The lowest BCUT2D eigenvalue weighted by molar-refractivity contribution is 0.0343. The Kier molecular flexibility index (Phi) is 4.48. The van der Waals surface area contributed by atoms with Crippen molar-refractivity contribution in [2.75, 3.05) is 13.2 Å². The van der Waals surface area contributed by atoms with Crippen molar-refractivity contribution in [1.29, 1.82) is 0 Å². The van der Waals surface area contributed by atoms with Crippen LogP contribution < -0.4 is 10.2 Å². The molecule has 1 aliphatic heterocycles. The first-order valence-electron chi connectivity index (χ1n) is 7.73. The van der Waals surface area contributed by atoms with Crippen LogP contribution in [-0.4, -0.2) is 26.4 Å². The zero-order valence-electron chi connectivity index (χ0n) is 12.7. The number of halogens is 1. The maximum atomic E-state index is 6.35. The third-order valence-electron chi connectivity index (χ3n) is 4.07. The average Bonchev–Trinajstić information content (AvgIpc) is 2.94. The van der Waals surface area contributed by atoms with Gasteiger partial charge in [0.1, 0.15) is 5.75 Å². The van der Waals surface area contributed by atoms with Crippen LogP contribution in [0.4, 0.5) is 0 Å². The highest BCUT2D eigenvalue weighted by atomic mass is 35.5. The molecular weight excluding hydrogens is 286 g/mol. The van der Waals surface area contributed by atoms with Crippen LogP contribution in [-0.2, 0) is 9.31 Å². The van der Waals surface area contributed by atoms with Crippen molar-refractivity contribution in [3.63, 3.8) is 0 Å². The Morgan fingerprint density at radius 3 is 2.48 bits per heavy atom. The molecule has 2 fully saturated rings. The summed E-state index contributed by atoms with van der Waals surface area (Å²) >= 11 is 6.35. The van der Waals surface area contributed by atoms with Crippen LogP contribution in [0.2, 0.25) is 5.02 Å². The first kappa shape index (κ1) is 15.2. The molecule has 0 spiro atoms. The smallest absolute Gasteiger partial charge is 0.489 e. The number of benzene rings is 1. The van der Waals surface area contributed by atoms with Gasteiger partial charge in [-0.1, -0.05) is 31.5 Å². The van der Waals surface area contributed by atoms with E-state index in [2.05, 4.69) is 13.8 Å². The maximum absolute atomic E-state index is 6.35. The lowest BCUT2D eigenvalue weighted by Gasteiger charge is -2.33. The highest BCUT2D eigenvalue weighted by Crippen LogP contribution is 2.29. The number of hydrogen-bond donors (Lipinski definition) is 0. The van der Waals surface area contributed by atoms with Crippen molar-refractivity contribution in [2.45, 2.75) is 45.6 Å². The van der Waals surface area contributed by atoms with Gasteiger partial charge in [0.25, 0.3) is 0 Å². The molecule has 0 atom stereocenters. The lowest BCUT2D eigenvalue weighted by Crippen LogP contribution is -2.47. The molecule has 0 amide bonds. The molecule has 1 aliphatic carbocycles. The lowest BCUT2D eigenvalue weighted by atomic mass is 9.76. The van der Waals surface area contributed by atoms with Gasteiger partial charge in [0, 0.05) is 18.6 Å². The summed E-state index contributed by atoms with van der Waals surface area (Å²) in [6, 6.07) is 5.82. The zero-order valence-corrected chi connectivity index (χ0v) is 13.5. The van der Waals surface area contributed by atoms with Crippen molar-refractivity contribution in [1.82, 2.24) is 0 Å². The van der Waals surface area contributed by atoms with Crippen molar-refractivity contribution in [2.24, 2.45) is 5.41 Å². The Labute approximate surface area is 132 Å². The summed E-state index contributed by atoms with van der Waals surface area (Å²) in [5.74, 6) is 0.767. The van der Waals surface area contributed by atoms with E-state index in [1.54, 1.807) is 0 Å². The number of ether oxygens (including phenoxy) is 1. The predicted molar refractivity (Wildman–Crippen MR) is 85.4 cm³/mol. The minimum Gasteiger partial charge on any atom is -0.489 e. The van der Waals surface area contributed by atoms with Crippen molar-refractivity contribution >= 4 is 24.2 Å². The number of hydrogen-bond acceptors (Lipinski definition) is 3. The van der Waals surface area contributed by atoms with Gasteiger partial charge in [-0.2, -0.15) is 0 Å².